The molecule has 0 aliphatic heterocycles. The SMILES string of the molecule is C1CCC1.CC.c1nc[nH]n1. The fourth-order valence-electron chi connectivity index (χ4n) is 0.417. The van der Waals surface area contributed by atoms with Gasteiger partial charge in [-0.25, -0.2) is 4.98 Å². The quantitative estimate of drug-likeness (QED) is 0.625. The number of rotatable bonds is 0. The smallest absolute Gasteiger partial charge is 0.137 e. The zero-order valence-electron chi connectivity index (χ0n) is 7.38. The normalized spacial score (nSPS) is 12.9. The number of H-pyrrole nitrogens is 1. The molecule has 0 saturated heterocycles. The summed E-state index contributed by atoms with van der Waals surface area (Å²) in [5.74, 6) is 0. The summed E-state index contributed by atoms with van der Waals surface area (Å²) in [4.78, 5) is 3.56. The van der Waals surface area contributed by atoms with Gasteiger partial charge in [-0.1, -0.05) is 39.5 Å². The van der Waals surface area contributed by atoms with Crippen molar-refractivity contribution in [1.82, 2.24) is 15.2 Å². The van der Waals surface area contributed by atoms with Gasteiger partial charge in [0.2, 0.25) is 0 Å². The fourth-order valence-corrected chi connectivity index (χ4v) is 0.417. The van der Waals surface area contributed by atoms with Crippen LogP contribution in [0.2, 0.25) is 0 Å². The predicted molar refractivity (Wildman–Crippen MR) is 46.2 cm³/mol. The van der Waals surface area contributed by atoms with Gasteiger partial charge in [-0.3, -0.25) is 5.10 Å². The van der Waals surface area contributed by atoms with Gasteiger partial charge >= 0.3 is 0 Å². The molecule has 1 heterocycles. The highest BCUT2D eigenvalue weighted by Gasteiger charge is 1.95. The molecule has 2 rings (SSSR count). The molecular weight excluding hydrogens is 138 g/mol. The molecule has 1 fully saturated rings. The Morgan fingerprint density at radius 3 is 1.73 bits per heavy atom. The first-order valence-electron chi connectivity index (χ1n) is 4.29. The van der Waals surface area contributed by atoms with Gasteiger partial charge in [0.15, 0.2) is 0 Å². The predicted octanol–water partition coefficient (Wildman–Crippen LogP) is 2.39. The summed E-state index contributed by atoms with van der Waals surface area (Å²) in [5.41, 5.74) is 0. The monoisotopic (exact) mass is 155 g/mol. The molecule has 0 atom stereocenters. The van der Waals surface area contributed by atoms with Gasteiger partial charge in [0, 0.05) is 0 Å². The Morgan fingerprint density at radius 1 is 1.09 bits per heavy atom. The van der Waals surface area contributed by atoms with E-state index in [1.165, 1.54) is 38.3 Å². The number of hydrogen-bond acceptors (Lipinski definition) is 2. The van der Waals surface area contributed by atoms with Gasteiger partial charge in [-0.15, -0.1) is 0 Å². The first-order valence-corrected chi connectivity index (χ1v) is 4.29. The maximum Gasteiger partial charge on any atom is 0.137 e. The van der Waals surface area contributed by atoms with Crippen molar-refractivity contribution in [2.45, 2.75) is 39.5 Å². The Bertz CT molecular complexity index is 101. The van der Waals surface area contributed by atoms with Crippen LogP contribution in [-0.2, 0) is 0 Å². The minimum atomic E-state index is 1.44. The minimum absolute atomic E-state index is 1.44. The first kappa shape index (κ1) is 10.1. The van der Waals surface area contributed by atoms with Crippen molar-refractivity contribution in [3.8, 4) is 0 Å². The van der Waals surface area contributed by atoms with Gasteiger partial charge in [0.1, 0.15) is 12.7 Å². The summed E-state index contributed by atoms with van der Waals surface area (Å²) in [6.07, 6.45) is 8.96. The van der Waals surface area contributed by atoms with Crippen LogP contribution in [0.4, 0.5) is 0 Å². The van der Waals surface area contributed by atoms with E-state index in [9.17, 15) is 0 Å². The second-order valence-corrected chi connectivity index (χ2v) is 2.07. The van der Waals surface area contributed by atoms with Crippen molar-refractivity contribution in [1.29, 1.82) is 0 Å². The molecule has 1 aliphatic rings. The molecule has 1 saturated carbocycles. The lowest BCUT2D eigenvalue weighted by Gasteiger charge is -2.05. The highest BCUT2D eigenvalue weighted by molar-refractivity contribution is 4.50. The maximum atomic E-state index is 3.56. The molecule has 0 aromatic carbocycles. The number of aromatic nitrogens is 3. The Kier molecular flexibility index (Phi) is 8.43. The van der Waals surface area contributed by atoms with Gasteiger partial charge in [0.05, 0.1) is 0 Å². The van der Waals surface area contributed by atoms with Crippen LogP contribution >= 0.6 is 0 Å². The Balaban J connectivity index is 0.000000152. The summed E-state index contributed by atoms with van der Waals surface area (Å²) in [7, 11) is 0. The number of hydrogen-bond donors (Lipinski definition) is 1. The Morgan fingerprint density at radius 2 is 1.64 bits per heavy atom. The highest BCUT2D eigenvalue weighted by atomic mass is 15.2. The molecule has 11 heavy (non-hydrogen) atoms. The van der Waals surface area contributed by atoms with E-state index in [0.717, 1.165) is 0 Å². The van der Waals surface area contributed by atoms with Crippen molar-refractivity contribution in [2.75, 3.05) is 0 Å². The van der Waals surface area contributed by atoms with Gasteiger partial charge in [-0.05, 0) is 0 Å². The third-order valence-electron chi connectivity index (χ3n) is 1.33. The lowest BCUT2D eigenvalue weighted by atomic mass is 10.0. The van der Waals surface area contributed by atoms with Crippen LogP contribution in [0, 0.1) is 0 Å². The van der Waals surface area contributed by atoms with Crippen LogP contribution in [0.25, 0.3) is 0 Å². The molecule has 1 aromatic rings. The van der Waals surface area contributed by atoms with Crippen molar-refractivity contribution in [3.63, 3.8) is 0 Å². The second-order valence-electron chi connectivity index (χ2n) is 2.07. The standard InChI is InChI=1S/C4H8.C2H3N3.C2H6/c1-2-4-3-1;1-3-2-5-4-1;1-2/h1-4H2;1-2H,(H,3,4,5);1-2H3. The van der Waals surface area contributed by atoms with E-state index in [1.54, 1.807) is 0 Å². The number of aromatic amines is 1. The van der Waals surface area contributed by atoms with E-state index >= 15 is 0 Å². The molecule has 0 spiro atoms. The lowest BCUT2D eigenvalue weighted by molar-refractivity contribution is 0.504. The number of nitrogens with one attached hydrogen (secondary N) is 1. The van der Waals surface area contributed by atoms with Crippen LogP contribution < -0.4 is 0 Å². The molecule has 3 heteroatoms. The van der Waals surface area contributed by atoms with E-state index in [2.05, 4.69) is 15.2 Å². The first-order chi connectivity index (χ1) is 5.50. The average molecular weight is 155 g/mol. The molecule has 1 N–H and O–H groups in total. The minimum Gasteiger partial charge on any atom is -0.266 e. The van der Waals surface area contributed by atoms with Gasteiger partial charge in [0.25, 0.3) is 0 Å². The molecule has 1 aromatic heterocycles. The van der Waals surface area contributed by atoms with E-state index in [1.807, 2.05) is 13.8 Å². The zero-order chi connectivity index (χ0) is 8.36. The molecule has 64 valence electrons. The van der Waals surface area contributed by atoms with Crippen molar-refractivity contribution >= 4 is 0 Å². The van der Waals surface area contributed by atoms with E-state index in [0.29, 0.717) is 0 Å². The molecule has 0 unspecified atom stereocenters. The Hall–Kier alpha value is -0.860. The van der Waals surface area contributed by atoms with Crippen LogP contribution in [0.5, 0.6) is 0 Å². The summed E-state index contributed by atoms with van der Waals surface area (Å²) in [6, 6.07) is 0. The van der Waals surface area contributed by atoms with E-state index in [4.69, 9.17) is 0 Å². The number of nitrogens with zero attached hydrogens (tertiary/aromatic N) is 2. The summed E-state index contributed by atoms with van der Waals surface area (Å²) < 4.78 is 0. The summed E-state index contributed by atoms with van der Waals surface area (Å²) >= 11 is 0. The topological polar surface area (TPSA) is 41.6 Å². The lowest BCUT2D eigenvalue weighted by Crippen LogP contribution is -1.85. The average Bonchev–Trinajstić information content (AvgIpc) is 2.41. The van der Waals surface area contributed by atoms with Crippen LogP contribution in [0.1, 0.15) is 39.5 Å². The van der Waals surface area contributed by atoms with E-state index < -0.39 is 0 Å². The van der Waals surface area contributed by atoms with Crippen molar-refractivity contribution in [3.05, 3.63) is 12.7 Å². The van der Waals surface area contributed by atoms with Gasteiger partial charge < -0.3 is 0 Å². The van der Waals surface area contributed by atoms with Gasteiger partial charge in [-0.2, -0.15) is 5.10 Å². The second kappa shape index (κ2) is 9.14. The third kappa shape index (κ3) is 7.03. The summed E-state index contributed by atoms with van der Waals surface area (Å²) in [6.45, 7) is 4.00. The molecule has 0 bridgehead atoms. The maximum absolute atomic E-state index is 3.56. The zero-order valence-corrected chi connectivity index (χ0v) is 7.38. The van der Waals surface area contributed by atoms with Crippen LogP contribution in [0.15, 0.2) is 12.7 Å². The van der Waals surface area contributed by atoms with Crippen LogP contribution in [0.3, 0.4) is 0 Å². The highest BCUT2D eigenvalue weighted by Crippen LogP contribution is 2.15. The van der Waals surface area contributed by atoms with Crippen molar-refractivity contribution in [2.24, 2.45) is 0 Å². The molecule has 1 aliphatic carbocycles. The van der Waals surface area contributed by atoms with Crippen molar-refractivity contribution < 1.29 is 0 Å². The Labute approximate surface area is 68.2 Å². The molecular formula is C8H17N3. The largest absolute Gasteiger partial charge is 0.266 e. The van der Waals surface area contributed by atoms with E-state index in [-0.39, 0.29) is 0 Å². The fraction of sp³-hybridized carbons (Fsp3) is 0.750. The third-order valence-corrected chi connectivity index (χ3v) is 1.33. The molecule has 0 radical (unpaired) electrons. The molecule has 3 nitrogen and oxygen atoms in total. The van der Waals surface area contributed by atoms with Crippen LogP contribution in [-0.4, -0.2) is 15.2 Å². The molecule has 0 amide bonds. The summed E-state index contributed by atoms with van der Waals surface area (Å²) in [5, 5.41) is 5.99.